The van der Waals surface area contributed by atoms with Gasteiger partial charge in [0.15, 0.2) is 28.2 Å². The lowest BCUT2D eigenvalue weighted by atomic mass is 10.1. The summed E-state index contributed by atoms with van der Waals surface area (Å²) in [6.45, 7) is 7.30. The van der Waals surface area contributed by atoms with Crippen molar-refractivity contribution in [2.75, 3.05) is 18.9 Å². The molecule has 0 bridgehead atoms. The molecule has 0 aliphatic carbocycles. The number of sulfonamides is 1. The van der Waals surface area contributed by atoms with Crippen molar-refractivity contribution >= 4 is 22.0 Å². The molecule has 0 saturated carbocycles. The Hall–Kier alpha value is -4.98. The number of pyridine rings is 2. The van der Waals surface area contributed by atoms with Crippen molar-refractivity contribution in [1.82, 2.24) is 19.9 Å². The van der Waals surface area contributed by atoms with Crippen LogP contribution in [0.4, 0.5) is 10.6 Å². The maximum absolute atomic E-state index is 13.5. The number of aromatic nitrogens is 4. The van der Waals surface area contributed by atoms with E-state index in [0.717, 1.165) is 5.56 Å². The van der Waals surface area contributed by atoms with E-state index < -0.39 is 22.3 Å². The predicted molar refractivity (Wildman–Crippen MR) is 156 cm³/mol. The van der Waals surface area contributed by atoms with Gasteiger partial charge in [0.05, 0.1) is 20.3 Å². The number of hydrogen-bond donors (Lipinski definition) is 1. The van der Waals surface area contributed by atoms with Crippen LogP contribution in [0.5, 0.6) is 29.0 Å². The summed E-state index contributed by atoms with van der Waals surface area (Å²) in [4.78, 5) is 29.0. The molecule has 3 aromatic heterocycles. The van der Waals surface area contributed by atoms with Crippen LogP contribution >= 0.6 is 0 Å². The largest absolute Gasteiger partial charge is 0.515 e. The van der Waals surface area contributed by atoms with Gasteiger partial charge in [0.25, 0.3) is 15.9 Å². The Morgan fingerprint density at radius 3 is 2.28 bits per heavy atom. The van der Waals surface area contributed by atoms with Crippen molar-refractivity contribution in [3.63, 3.8) is 0 Å². The molecule has 0 aliphatic heterocycles. The van der Waals surface area contributed by atoms with Crippen LogP contribution in [0.25, 0.3) is 11.4 Å². The van der Waals surface area contributed by atoms with Crippen molar-refractivity contribution in [2.45, 2.75) is 44.7 Å². The molecule has 0 amide bonds. The fraction of sp³-hybridized carbons (Fsp3) is 0.276. The number of carbonyl (C=O) groups excluding carboxylic acids is 1. The van der Waals surface area contributed by atoms with E-state index in [1.165, 1.54) is 38.7 Å². The molecule has 0 unspecified atom stereocenters. The van der Waals surface area contributed by atoms with E-state index in [2.05, 4.69) is 24.7 Å². The quantitative estimate of drug-likeness (QED) is 0.210. The highest BCUT2D eigenvalue weighted by atomic mass is 32.2. The molecule has 0 atom stereocenters. The molecule has 4 rings (SSSR count). The Labute approximate surface area is 249 Å². The molecule has 0 saturated heterocycles. The summed E-state index contributed by atoms with van der Waals surface area (Å²) in [6, 6.07) is 12.8. The average Bonchev–Trinajstić information content (AvgIpc) is 2.97. The Bertz CT molecular complexity index is 1700. The number of ether oxygens (including phenoxy) is 5. The van der Waals surface area contributed by atoms with Gasteiger partial charge in [0.2, 0.25) is 11.6 Å². The molecule has 0 fully saturated rings. The lowest BCUT2D eigenvalue weighted by Gasteiger charge is -2.17. The minimum atomic E-state index is -4.26. The van der Waals surface area contributed by atoms with Gasteiger partial charge in [-0.05, 0) is 49.6 Å². The van der Waals surface area contributed by atoms with E-state index in [4.69, 9.17) is 23.7 Å². The van der Waals surface area contributed by atoms with E-state index in [0.29, 0.717) is 11.3 Å². The van der Waals surface area contributed by atoms with Crippen LogP contribution in [0.1, 0.15) is 39.2 Å². The van der Waals surface area contributed by atoms with Gasteiger partial charge in [0, 0.05) is 24.0 Å². The monoisotopic (exact) mass is 609 g/mol. The lowest BCUT2D eigenvalue weighted by molar-refractivity contribution is 0.0716. The summed E-state index contributed by atoms with van der Waals surface area (Å²) in [6.07, 6.45) is 1.53. The van der Waals surface area contributed by atoms with E-state index in [1.54, 1.807) is 50.2 Å². The van der Waals surface area contributed by atoms with Gasteiger partial charge < -0.3 is 23.7 Å². The first-order valence-electron chi connectivity index (χ1n) is 13.1. The zero-order valence-corrected chi connectivity index (χ0v) is 25.2. The average molecular weight is 610 g/mol. The zero-order valence-electron chi connectivity index (χ0n) is 24.4. The van der Waals surface area contributed by atoms with E-state index in [9.17, 15) is 13.2 Å². The number of hydrogen-bond acceptors (Lipinski definition) is 12. The third-order valence-corrected chi connectivity index (χ3v) is 7.01. The SMILES string of the molecule is COc1ccccc1Oc1c(NS(=O)(=O)c2ccc(C(C)C)cn2)nc(-c2ccnc(OC(=O)OC(C)C)c2)nc1OC. The smallest absolute Gasteiger partial charge is 0.493 e. The van der Waals surface area contributed by atoms with Crippen LogP contribution in [0.3, 0.4) is 0 Å². The van der Waals surface area contributed by atoms with Crippen LogP contribution in [0.15, 0.2) is 66.0 Å². The fourth-order valence-electron chi connectivity index (χ4n) is 3.65. The predicted octanol–water partition coefficient (Wildman–Crippen LogP) is 5.59. The normalized spacial score (nSPS) is 11.3. The summed E-state index contributed by atoms with van der Waals surface area (Å²) in [7, 11) is -1.45. The molecule has 43 heavy (non-hydrogen) atoms. The number of nitrogens with one attached hydrogen (secondary N) is 1. The molecule has 0 aliphatic rings. The Kier molecular flexibility index (Phi) is 9.60. The number of methoxy groups -OCH3 is 2. The summed E-state index contributed by atoms with van der Waals surface area (Å²) in [5, 5.41) is -0.234. The molecule has 0 spiro atoms. The number of anilines is 1. The van der Waals surface area contributed by atoms with E-state index >= 15 is 0 Å². The third kappa shape index (κ3) is 7.65. The summed E-state index contributed by atoms with van der Waals surface area (Å²) in [5.74, 6) is 0.222. The molecule has 1 aromatic carbocycles. The Morgan fingerprint density at radius 2 is 1.65 bits per heavy atom. The number of rotatable bonds is 11. The number of carbonyl (C=O) groups is 1. The van der Waals surface area contributed by atoms with Crippen LogP contribution < -0.4 is 23.7 Å². The van der Waals surface area contributed by atoms with Crippen molar-refractivity contribution in [2.24, 2.45) is 0 Å². The first-order chi connectivity index (χ1) is 20.5. The lowest BCUT2D eigenvalue weighted by Crippen LogP contribution is -2.17. The van der Waals surface area contributed by atoms with Crippen molar-refractivity contribution in [3.05, 3.63) is 66.5 Å². The molecule has 13 nitrogen and oxygen atoms in total. The highest BCUT2D eigenvalue weighted by Crippen LogP contribution is 2.41. The second kappa shape index (κ2) is 13.3. The molecular weight excluding hydrogens is 578 g/mol. The molecule has 1 N–H and O–H groups in total. The summed E-state index contributed by atoms with van der Waals surface area (Å²) in [5.41, 5.74) is 1.20. The first kappa shape index (κ1) is 31.0. The minimum Gasteiger partial charge on any atom is -0.493 e. The van der Waals surface area contributed by atoms with E-state index in [1.807, 2.05) is 13.8 Å². The van der Waals surface area contributed by atoms with Crippen LogP contribution in [-0.2, 0) is 14.8 Å². The molecule has 226 valence electrons. The van der Waals surface area contributed by atoms with Gasteiger partial charge in [-0.1, -0.05) is 32.0 Å². The minimum absolute atomic E-state index is 0.00881. The molecule has 0 radical (unpaired) electrons. The van der Waals surface area contributed by atoms with Crippen molar-refractivity contribution in [3.8, 4) is 40.4 Å². The van der Waals surface area contributed by atoms with Gasteiger partial charge in [0.1, 0.15) is 0 Å². The number of nitrogens with zero attached hydrogens (tertiary/aromatic N) is 4. The molecule has 3 heterocycles. The van der Waals surface area contributed by atoms with Gasteiger partial charge in [-0.2, -0.15) is 13.4 Å². The maximum Gasteiger partial charge on any atom is 0.515 e. The van der Waals surface area contributed by atoms with Gasteiger partial charge in [-0.25, -0.2) is 19.7 Å². The molecule has 4 aromatic rings. The first-order valence-corrected chi connectivity index (χ1v) is 14.6. The van der Waals surface area contributed by atoms with Crippen LogP contribution in [0.2, 0.25) is 0 Å². The van der Waals surface area contributed by atoms with E-state index in [-0.39, 0.29) is 45.8 Å². The van der Waals surface area contributed by atoms with Gasteiger partial charge >= 0.3 is 6.16 Å². The second-order valence-electron chi connectivity index (χ2n) is 9.58. The zero-order chi connectivity index (χ0) is 31.1. The molecule has 14 heteroatoms. The molecular formula is C29H31N5O8S. The van der Waals surface area contributed by atoms with Gasteiger partial charge in [-0.15, -0.1) is 0 Å². The maximum atomic E-state index is 13.5. The van der Waals surface area contributed by atoms with Crippen LogP contribution in [0, 0.1) is 0 Å². The van der Waals surface area contributed by atoms with Crippen molar-refractivity contribution in [1.29, 1.82) is 0 Å². The second-order valence-corrected chi connectivity index (χ2v) is 11.2. The van der Waals surface area contributed by atoms with Crippen molar-refractivity contribution < 1.29 is 36.9 Å². The third-order valence-electron chi connectivity index (χ3n) is 5.75. The fourth-order valence-corrected chi connectivity index (χ4v) is 4.59. The highest BCUT2D eigenvalue weighted by molar-refractivity contribution is 7.92. The van der Waals surface area contributed by atoms with Gasteiger partial charge in [-0.3, -0.25) is 4.72 Å². The summed E-state index contributed by atoms with van der Waals surface area (Å²) < 4.78 is 56.5. The number of para-hydroxylation sites is 2. The topological polar surface area (TPSA) is 161 Å². The van der Waals surface area contributed by atoms with Crippen LogP contribution in [-0.4, -0.2) is 54.8 Å². The highest BCUT2D eigenvalue weighted by Gasteiger charge is 2.26. The Balaban J connectivity index is 1.81. The summed E-state index contributed by atoms with van der Waals surface area (Å²) >= 11 is 0. The Morgan fingerprint density at radius 1 is 0.907 bits per heavy atom. The standard InChI is InChI=1S/C29H31N5O8S/c1-17(2)20-11-12-24(31-16-20)43(36,37)34-27-25(41-22-10-8-7-9-21(22)38-5)28(39-6)33-26(32-27)19-13-14-30-23(15-19)42-29(35)40-18(3)4/h7-18H,1-6H3,(H,32,33,34). The number of benzene rings is 1.